The Balaban J connectivity index is 2.09. The van der Waals surface area contributed by atoms with E-state index in [2.05, 4.69) is 4.98 Å². The number of aliphatic hydroxyl groups is 2. The molecule has 1 atom stereocenters. The minimum atomic E-state index is -1.07. The number of hydrogen-bond donors (Lipinski definition) is 3. The number of nitrogens with zero attached hydrogens (tertiary/aromatic N) is 1. The van der Waals surface area contributed by atoms with Crippen LogP contribution in [0.1, 0.15) is 17.2 Å². The van der Waals surface area contributed by atoms with Crippen LogP contribution in [0, 0.1) is 5.82 Å². The SMILES string of the molecule is Nc1ncc(C(O)CO)cc1OCCc1c(Cl)ccc(F)c1Cl. The van der Waals surface area contributed by atoms with Crippen molar-refractivity contribution in [3.05, 3.63) is 51.4 Å². The number of ether oxygens (including phenoxy) is 1. The van der Waals surface area contributed by atoms with Crippen molar-refractivity contribution < 1.29 is 19.3 Å². The fraction of sp³-hybridized carbons (Fsp3) is 0.267. The second-order valence-corrected chi connectivity index (χ2v) is 5.56. The molecule has 0 saturated heterocycles. The Hall–Kier alpha value is -1.60. The molecule has 124 valence electrons. The topological polar surface area (TPSA) is 88.6 Å². The van der Waals surface area contributed by atoms with E-state index in [-0.39, 0.29) is 29.6 Å². The van der Waals surface area contributed by atoms with Crippen LogP contribution in [-0.2, 0) is 6.42 Å². The van der Waals surface area contributed by atoms with Crippen LogP contribution >= 0.6 is 23.2 Å². The van der Waals surface area contributed by atoms with Gasteiger partial charge in [-0.3, -0.25) is 0 Å². The van der Waals surface area contributed by atoms with Gasteiger partial charge in [0.1, 0.15) is 11.9 Å². The van der Waals surface area contributed by atoms with Crippen LogP contribution < -0.4 is 10.5 Å². The first-order chi connectivity index (χ1) is 10.9. The Kier molecular flexibility index (Phi) is 6.01. The molecular weight excluding hydrogens is 346 g/mol. The first-order valence-electron chi connectivity index (χ1n) is 6.73. The molecule has 1 aromatic heterocycles. The molecule has 2 rings (SSSR count). The van der Waals surface area contributed by atoms with Crippen LogP contribution in [0.4, 0.5) is 10.2 Å². The maximum atomic E-state index is 13.4. The van der Waals surface area contributed by atoms with Crippen LogP contribution in [0.15, 0.2) is 24.4 Å². The standard InChI is InChI=1S/C15H15Cl2FN2O3/c16-10-1-2-11(18)14(17)9(10)3-4-23-13-5-8(12(22)7-21)6-20-15(13)19/h1-2,5-6,12,21-22H,3-4,7H2,(H2,19,20). The lowest BCUT2D eigenvalue weighted by Crippen LogP contribution is -2.08. The first kappa shape index (κ1) is 17.7. The summed E-state index contributed by atoms with van der Waals surface area (Å²) < 4.78 is 18.9. The summed E-state index contributed by atoms with van der Waals surface area (Å²) in [6.45, 7) is -0.313. The van der Waals surface area contributed by atoms with Crippen LogP contribution in [0.2, 0.25) is 10.0 Å². The van der Waals surface area contributed by atoms with Gasteiger partial charge >= 0.3 is 0 Å². The normalized spacial score (nSPS) is 12.2. The summed E-state index contributed by atoms with van der Waals surface area (Å²) in [5, 5.41) is 18.8. The van der Waals surface area contributed by atoms with Gasteiger partial charge < -0.3 is 20.7 Å². The quantitative estimate of drug-likeness (QED) is 0.689. The van der Waals surface area contributed by atoms with E-state index in [1.807, 2.05) is 0 Å². The zero-order valence-corrected chi connectivity index (χ0v) is 13.5. The van der Waals surface area contributed by atoms with Crippen molar-refractivity contribution in [2.24, 2.45) is 0 Å². The van der Waals surface area contributed by atoms with Crippen molar-refractivity contribution in [1.82, 2.24) is 4.98 Å². The molecule has 8 heteroatoms. The molecule has 0 aliphatic rings. The molecule has 1 heterocycles. The van der Waals surface area contributed by atoms with Crippen LogP contribution in [0.3, 0.4) is 0 Å². The first-order valence-corrected chi connectivity index (χ1v) is 7.49. The van der Waals surface area contributed by atoms with E-state index in [9.17, 15) is 9.50 Å². The van der Waals surface area contributed by atoms with Gasteiger partial charge in [-0.15, -0.1) is 0 Å². The van der Waals surface area contributed by atoms with Gasteiger partial charge in [0, 0.05) is 23.2 Å². The van der Waals surface area contributed by atoms with Gasteiger partial charge in [-0.1, -0.05) is 23.2 Å². The summed E-state index contributed by atoms with van der Waals surface area (Å²) in [7, 11) is 0. The summed E-state index contributed by atoms with van der Waals surface area (Å²) >= 11 is 11.9. The van der Waals surface area contributed by atoms with Crippen molar-refractivity contribution in [3.63, 3.8) is 0 Å². The average molecular weight is 361 g/mol. The van der Waals surface area contributed by atoms with Crippen molar-refractivity contribution in [1.29, 1.82) is 0 Å². The predicted molar refractivity (Wildman–Crippen MR) is 86.3 cm³/mol. The highest BCUT2D eigenvalue weighted by Crippen LogP contribution is 2.28. The van der Waals surface area contributed by atoms with E-state index < -0.39 is 18.5 Å². The molecule has 0 amide bonds. The Morgan fingerprint density at radius 2 is 2.09 bits per heavy atom. The van der Waals surface area contributed by atoms with Gasteiger partial charge in [0.25, 0.3) is 0 Å². The Labute approximate surface area is 142 Å². The van der Waals surface area contributed by atoms with E-state index in [1.54, 1.807) is 0 Å². The second kappa shape index (κ2) is 7.79. The zero-order valence-electron chi connectivity index (χ0n) is 12.0. The van der Waals surface area contributed by atoms with Crippen LogP contribution in [0.5, 0.6) is 5.75 Å². The molecule has 0 fully saturated rings. The number of anilines is 1. The van der Waals surface area contributed by atoms with Gasteiger partial charge in [0.05, 0.1) is 18.2 Å². The number of aromatic nitrogens is 1. The van der Waals surface area contributed by atoms with Crippen LogP contribution in [-0.4, -0.2) is 28.4 Å². The Morgan fingerprint density at radius 1 is 1.35 bits per heavy atom. The smallest absolute Gasteiger partial charge is 0.166 e. The maximum absolute atomic E-state index is 13.4. The largest absolute Gasteiger partial charge is 0.489 e. The van der Waals surface area contributed by atoms with Crippen molar-refractivity contribution in [2.75, 3.05) is 18.9 Å². The third-order valence-electron chi connectivity index (χ3n) is 3.21. The number of aliphatic hydroxyl groups excluding tert-OH is 2. The molecule has 2 aromatic rings. The fourth-order valence-corrected chi connectivity index (χ4v) is 2.49. The fourth-order valence-electron chi connectivity index (χ4n) is 1.93. The highest BCUT2D eigenvalue weighted by atomic mass is 35.5. The molecule has 0 spiro atoms. The zero-order chi connectivity index (χ0) is 17.0. The minimum absolute atomic E-state index is 0.0448. The molecule has 5 nitrogen and oxygen atoms in total. The minimum Gasteiger partial charge on any atom is -0.489 e. The van der Waals surface area contributed by atoms with E-state index >= 15 is 0 Å². The third-order valence-corrected chi connectivity index (χ3v) is 3.97. The lowest BCUT2D eigenvalue weighted by molar-refractivity contribution is 0.0951. The Bertz CT molecular complexity index is 701. The number of hydrogen-bond acceptors (Lipinski definition) is 5. The monoisotopic (exact) mass is 360 g/mol. The molecule has 23 heavy (non-hydrogen) atoms. The summed E-state index contributed by atoms with van der Waals surface area (Å²) in [5.74, 6) is -0.172. The van der Waals surface area contributed by atoms with E-state index in [0.29, 0.717) is 16.1 Å². The van der Waals surface area contributed by atoms with E-state index in [4.69, 9.17) is 38.8 Å². The molecule has 1 unspecified atom stereocenters. The Morgan fingerprint density at radius 3 is 2.78 bits per heavy atom. The number of pyridine rings is 1. The molecular formula is C15H15Cl2FN2O3. The predicted octanol–water partition coefficient (Wildman–Crippen LogP) is 2.76. The average Bonchev–Trinajstić information content (AvgIpc) is 2.55. The summed E-state index contributed by atoms with van der Waals surface area (Å²) in [4.78, 5) is 3.89. The molecule has 1 aromatic carbocycles. The van der Waals surface area contributed by atoms with Crippen molar-refractivity contribution in [2.45, 2.75) is 12.5 Å². The van der Waals surface area contributed by atoms with Gasteiger partial charge in [0.15, 0.2) is 11.6 Å². The number of benzene rings is 1. The third kappa shape index (κ3) is 4.23. The van der Waals surface area contributed by atoms with E-state index in [1.165, 1.54) is 24.4 Å². The highest BCUT2D eigenvalue weighted by Gasteiger charge is 2.13. The van der Waals surface area contributed by atoms with Gasteiger partial charge in [-0.05, 0) is 23.8 Å². The molecule has 0 radical (unpaired) electrons. The summed E-state index contributed by atoms with van der Waals surface area (Å²) in [6, 6.07) is 4.10. The molecule has 0 saturated carbocycles. The molecule has 0 aliphatic heterocycles. The molecule has 4 N–H and O–H groups in total. The van der Waals surface area contributed by atoms with E-state index in [0.717, 1.165) is 0 Å². The summed E-state index contributed by atoms with van der Waals surface area (Å²) in [5.41, 5.74) is 6.51. The highest BCUT2D eigenvalue weighted by molar-refractivity contribution is 6.36. The lowest BCUT2D eigenvalue weighted by Gasteiger charge is -2.13. The summed E-state index contributed by atoms with van der Waals surface area (Å²) in [6.07, 6.45) is 0.544. The second-order valence-electron chi connectivity index (χ2n) is 4.77. The lowest BCUT2D eigenvalue weighted by atomic mass is 10.1. The van der Waals surface area contributed by atoms with Crippen molar-refractivity contribution >= 4 is 29.0 Å². The number of halogens is 3. The van der Waals surface area contributed by atoms with Gasteiger partial charge in [0.2, 0.25) is 0 Å². The van der Waals surface area contributed by atoms with Gasteiger partial charge in [-0.2, -0.15) is 0 Å². The van der Waals surface area contributed by atoms with Gasteiger partial charge in [-0.25, -0.2) is 9.37 Å². The van der Waals surface area contributed by atoms with Crippen molar-refractivity contribution in [3.8, 4) is 5.75 Å². The number of rotatable bonds is 6. The number of nitrogen functional groups attached to an aromatic ring is 1. The maximum Gasteiger partial charge on any atom is 0.166 e. The number of nitrogens with two attached hydrogens (primary N) is 1. The molecule has 0 bridgehead atoms. The molecule has 0 aliphatic carbocycles. The van der Waals surface area contributed by atoms with Crippen LogP contribution in [0.25, 0.3) is 0 Å².